The molecule has 8 heteroatoms. The third kappa shape index (κ3) is 3.28. The normalized spacial score (nSPS) is 13.4. The van der Waals surface area contributed by atoms with Crippen molar-refractivity contribution in [2.24, 2.45) is 0 Å². The Morgan fingerprint density at radius 3 is 2.25 bits per heavy atom. The second-order valence-corrected chi connectivity index (χ2v) is 7.88. The van der Waals surface area contributed by atoms with Crippen molar-refractivity contribution in [3.63, 3.8) is 0 Å². The van der Waals surface area contributed by atoms with E-state index in [9.17, 15) is 9.59 Å². The molecule has 0 atom stereocenters. The van der Waals surface area contributed by atoms with Crippen molar-refractivity contribution in [3.05, 3.63) is 41.7 Å². The topological polar surface area (TPSA) is 93.2 Å². The number of esters is 2. The maximum Gasteiger partial charge on any atom is 0.308 e. The van der Waals surface area contributed by atoms with Crippen molar-refractivity contribution >= 4 is 22.7 Å². The molecule has 0 amide bonds. The van der Waals surface area contributed by atoms with E-state index in [1.165, 1.54) is 28.1 Å². The van der Waals surface area contributed by atoms with Gasteiger partial charge in [0.2, 0.25) is 11.5 Å². The summed E-state index contributed by atoms with van der Waals surface area (Å²) in [6.45, 7) is 6.62. The van der Waals surface area contributed by atoms with Crippen LogP contribution >= 0.6 is 0 Å². The number of aromatic nitrogens is 1. The average molecular weight is 437 g/mol. The Hall–Kier alpha value is -3.81. The monoisotopic (exact) mass is 437 g/mol. The quantitative estimate of drug-likeness (QED) is 0.434. The first-order valence-corrected chi connectivity index (χ1v) is 9.95. The van der Waals surface area contributed by atoms with Crippen molar-refractivity contribution in [1.82, 2.24) is 4.98 Å². The van der Waals surface area contributed by atoms with Crippen LogP contribution in [0.25, 0.3) is 10.8 Å². The molecule has 1 aliphatic heterocycles. The van der Waals surface area contributed by atoms with E-state index in [1.54, 1.807) is 30.5 Å². The predicted octanol–water partition coefficient (Wildman–Crippen LogP) is 4.53. The molecule has 0 aliphatic carbocycles. The Balaban J connectivity index is 2.12. The average Bonchev–Trinajstić information content (AvgIpc) is 2.83. The van der Waals surface area contributed by atoms with Crippen LogP contribution in [0.5, 0.6) is 34.5 Å². The fourth-order valence-corrected chi connectivity index (χ4v) is 4.07. The molecule has 2 aromatic carbocycles. The Morgan fingerprint density at radius 1 is 0.938 bits per heavy atom. The lowest BCUT2D eigenvalue weighted by atomic mass is 9.79. The first-order valence-electron chi connectivity index (χ1n) is 9.95. The van der Waals surface area contributed by atoms with Crippen LogP contribution in [0.2, 0.25) is 0 Å². The van der Waals surface area contributed by atoms with Gasteiger partial charge in [-0.15, -0.1) is 0 Å². The number of ether oxygens (including phenoxy) is 5. The van der Waals surface area contributed by atoms with Crippen LogP contribution in [-0.4, -0.2) is 31.1 Å². The molecule has 0 spiro atoms. The van der Waals surface area contributed by atoms with Gasteiger partial charge in [-0.1, -0.05) is 0 Å². The Morgan fingerprint density at radius 2 is 1.62 bits per heavy atom. The summed E-state index contributed by atoms with van der Waals surface area (Å²) in [5.74, 6) is 0.968. The van der Waals surface area contributed by atoms with E-state index in [0.29, 0.717) is 39.5 Å². The van der Waals surface area contributed by atoms with Crippen LogP contribution in [0.15, 0.2) is 30.5 Å². The zero-order chi connectivity index (χ0) is 23.2. The summed E-state index contributed by atoms with van der Waals surface area (Å²) in [5, 5.41) is 1.33. The van der Waals surface area contributed by atoms with E-state index in [0.717, 1.165) is 5.56 Å². The van der Waals surface area contributed by atoms with E-state index >= 15 is 0 Å². The number of pyridine rings is 1. The molecular weight excluding hydrogens is 414 g/mol. The lowest BCUT2D eigenvalue weighted by Gasteiger charge is -2.26. The molecule has 166 valence electrons. The molecule has 0 saturated carbocycles. The number of carbonyl (C=O) groups excluding carboxylic acids is 2. The standard InChI is InChI=1S/C24H23NO7/c1-12(26)30-14-7-8-17-16(11-14)24(3,4)23-18-15(9-10-25-23)19(28-5)21(29-6)22(20(18)32-17)31-13(2)27/h7-11H,1-6H3. The predicted molar refractivity (Wildman–Crippen MR) is 116 cm³/mol. The Labute approximate surface area is 185 Å². The molecule has 3 aromatic rings. The second kappa shape index (κ2) is 7.71. The van der Waals surface area contributed by atoms with Crippen LogP contribution in [0, 0.1) is 0 Å². The number of rotatable bonds is 4. The Bertz CT molecular complexity index is 1260. The summed E-state index contributed by atoms with van der Waals surface area (Å²) in [6.07, 6.45) is 1.68. The first-order chi connectivity index (χ1) is 15.2. The number of hydrogen-bond donors (Lipinski definition) is 0. The molecule has 8 nitrogen and oxygen atoms in total. The van der Waals surface area contributed by atoms with Crippen molar-refractivity contribution < 1.29 is 33.3 Å². The zero-order valence-corrected chi connectivity index (χ0v) is 18.7. The maximum atomic E-state index is 12.0. The van der Waals surface area contributed by atoms with Gasteiger partial charge in [0.05, 0.1) is 25.3 Å². The van der Waals surface area contributed by atoms with Gasteiger partial charge >= 0.3 is 11.9 Å². The van der Waals surface area contributed by atoms with Gasteiger partial charge in [-0.05, 0) is 38.1 Å². The summed E-state index contributed by atoms with van der Waals surface area (Å²) < 4.78 is 28.4. The van der Waals surface area contributed by atoms with Crippen molar-refractivity contribution in [3.8, 4) is 34.5 Å². The summed E-state index contributed by atoms with van der Waals surface area (Å²) in [7, 11) is 2.98. The zero-order valence-electron chi connectivity index (χ0n) is 18.7. The van der Waals surface area contributed by atoms with E-state index in [-0.39, 0.29) is 11.5 Å². The summed E-state index contributed by atoms with van der Waals surface area (Å²) in [5.41, 5.74) is 0.765. The minimum atomic E-state index is -0.663. The minimum absolute atomic E-state index is 0.103. The number of hydrogen-bond acceptors (Lipinski definition) is 8. The third-order valence-corrected chi connectivity index (χ3v) is 5.39. The van der Waals surface area contributed by atoms with Gasteiger partial charge in [0, 0.05) is 36.4 Å². The van der Waals surface area contributed by atoms with Gasteiger partial charge in [-0.3, -0.25) is 14.6 Å². The molecule has 0 unspecified atom stereocenters. The van der Waals surface area contributed by atoms with Crippen LogP contribution < -0.4 is 23.7 Å². The molecule has 2 heterocycles. The van der Waals surface area contributed by atoms with Gasteiger partial charge in [0.1, 0.15) is 11.5 Å². The molecule has 1 aliphatic rings. The lowest BCUT2D eigenvalue weighted by molar-refractivity contribution is -0.132. The van der Waals surface area contributed by atoms with Gasteiger partial charge in [0.25, 0.3) is 0 Å². The highest BCUT2D eigenvalue weighted by Crippen LogP contribution is 2.57. The molecule has 0 radical (unpaired) electrons. The summed E-state index contributed by atoms with van der Waals surface area (Å²) in [4.78, 5) is 28.1. The number of nitrogens with zero attached hydrogens (tertiary/aromatic N) is 1. The van der Waals surface area contributed by atoms with E-state index < -0.39 is 17.4 Å². The number of methoxy groups -OCH3 is 2. The van der Waals surface area contributed by atoms with Gasteiger partial charge in [-0.25, -0.2) is 0 Å². The molecule has 0 N–H and O–H groups in total. The molecule has 1 aromatic heterocycles. The highest BCUT2D eigenvalue weighted by molar-refractivity contribution is 6.02. The highest BCUT2D eigenvalue weighted by atomic mass is 16.6. The maximum absolute atomic E-state index is 12.0. The van der Waals surface area contributed by atoms with E-state index in [2.05, 4.69) is 4.98 Å². The third-order valence-electron chi connectivity index (χ3n) is 5.39. The first kappa shape index (κ1) is 21.4. The highest BCUT2D eigenvalue weighted by Gasteiger charge is 2.38. The lowest BCUT2D eigenvalue weighted by Crippen LogP contribution is -2.21. The van der Waals surface area contributed by atoms with Gasteiger partial charge in [-0.2, -0.15) is 0 Å². The van der Waals surface area contributed by atoms with Gasteiger partial charge in [0.15, 0.2) is 11.5 Å². The van der Waals surface area contributed by atoms with Crippen LogP contribution in [-0.2, 0) is 15.0 Å². The van der Waals surface area contributed by atoms with E-state index in [1.807, 2.05) is 13.8 Å². The van der Waals surface area contributed by atoms with Gasteiger partial charge < -0.3 is 23.7 Å². The second-order valence-electron chi connectivity index (χ2n) is 7.88. The molecule has 4 rings (SSSR count). The number of benzene rings is 2. The Kier molecular flexibility index (Phi) is 5.16. The largest absolute Gasteiger partial charge is 0.492 e. The van der Waals surface area contributed by atoms with Crippen LogP contribution in [0.1, 0.15) is 39.0 Å². The van der Waals surface area contributed by atoms with Crippen LogP contribution in [0.4, 0.5) is 0 Å². The fraction of sp³-hybridized carbons (Fsp3) is 0.292. The summed E-state index contributed by atoms with van der Waals surface area (Å²) >= 11 is 0. The molecule has 0 bridgehead atoms. The molecular formula is C24H23NO7. The molecule has 0 saturated heterocycles. The smallest absolute Gasteiger partial charge is 0.308 e. The van der Waals surface area contributed by atoms with Crippen LogP contribution in [0.3, 0.4) is 0 Å². The van der Waals surface area contributed by atoms with Crippen molar-refractivity contribution in [1.29, 1.82) is 0 Å². The SMILES string of the molecule is COc1c(OC(C)=O)c2c3c(nccc3c1OC)C(C)(C)c1cc(OC(C)=O)ccc1O2. The molecule has 32 heavy (non-hydrogen) atoms. The van der Waals surface area contributed by atoms with Crippen molar-refractivity contribution in [2.75, 3.05) is 14.2 Å². The number of carbonyl (C=O) groups is 2. The van der Waals surface area contributed by atoms with E-state index in [4.69, 9.17) is 23.7 Å². The fourth-order valence-electron chi connectivity index (χ4n) is 4.07. The minimum Gasteiger partial charge on any atom is -0.492 e. The molecule has 0 fully saturated rings. The van der Waals surface area contributed by atoms with Crippen molar-refractivity contribution in [2.45, 2.75) is 33.1 Å². The summed E-state index contributed by atoms with van der Waals surface area (Å²) in [6, 6.07) is 6.90. The number of fused-ring (bicyclic) bond motifs is 1.